The van der Waals surface area contributed by atoms with Crippen LogP contribution >= 0.6 is 0 Å². The minimum Gasteiger partial charge on any atom is -0.458 e. The highest BCUT2D eigenvalue weighted by molar-refractivity contribution is 5.82. The Kier molecular flexibility index (Phi) is 5.06. The molecule has 1 aromatic carbocycles. The summed E-state index contributed by atoms with van der Waals surface area (Å²) >= 11 is 0. The highest BCUT2D eigenvalue weighted by Gasteiger charge is 2.44. The van der Waals surface area contributed by atoms with Gasteiger partial charge < -0.3 is 14.4 Å². The van der Waals surface area contributed by atoms with Gasteiger partial charge in [0.1, 0.15) is 6.61 Å². The molecule has 1 saturated carbocycles. The van der Waals surface area contributed by atoms with Gasteiger partial charge in [0, 0.05) is 20.5 Å². The maximum Gasteiger partial charge on any atom is 0.410 e. The van der Waals surface area contributed by atoms with E-state index in [0.717, 1.165) is 18.4 Å². The van der Waals surface area contributed by atoms with Crippen LogP contribution in [-0.4, -0.2) is 36.7 Å². The topological polar surface area (TPSA) is 55.8 Å². The normalized spacial score (nSPS) is 16.5. The zero-order valence-electron chi connectivity index (χ0n) is 13.4. The van der Waals surface area contributed by atoms with Crippen LogP contribution in [0.5, 0.6) is 0 Å². The lowest BCUT2D eigenvalue weighted by atomic mass is 9.99. The summed E-state index contributed by atoms with van der Waals surface area (Å²) in [7, 11) is 3.18. The second-order valence-electron chi connectivity index (χ2n) is 6.20. The van der Waals surface area contributed by atoms with E-state index < -0.39 is 17.7 Å². The third-order valence-electron chi connectivity index (χ3n) is 3.70. The molecule has 5 nitrogen and oxygen atoms in total. The van der Waals surface area contributed by atoms with E-state index in [-0.39, 0.29) is 6.61 Å². The molecule has 0 bridgehead atoms. The highest BCUT2D eigenvalue weighted by Crippen LogP contribution is 2.38. The lowest BCUT2D eigenvalue weighted by molar-refractivity contribution is -0.167. The predicted molar refractivity (Wildman–Crippen MR) is 82.2 cm³/mol. The Morgan fingerprint density at radius 3 is 2.41 bits per heavy atom. The number of ether oxygens (including phenoxy) is 2. The first-order valence-corrected chi connectivity index (χ1v) is 7.52. The van der Waals surface area contributed by atoms with Crippen LogP contribution in [-0.2, 0) is 20.9 Å². The summed E-state index contributed by atoms with van der Waals surface area (Å²) in [6.07, 6.45) is 2.13. The summed E-state index contributed by atoms with van der Waals surface area (Å²) in [5.41, 5.74) is -0.319. The molecule has 1 atom stereocenters. The van der Waals surface area contributed by atoms with E-state index in [1.54, 1.807) is 21.0 Å². The van der Waals surface area contributed by atoms with Crippen molar-refractivity contribution in [3.05, 3.63) is 35.9 Å². The van der Waals surface area contributed by atoms with Gasteiger partial charge >= 0.3 is 12.1 Å². The van der Waals surface area contributed by atoms with Crippen molar-refractivity contribution in [3.8, 4) is 0 Å². The van der Waals surface area contributed by atoms with Gasteiger partial charge in [-0.05, 0) is 18.4 Å². The predicted octanol–water partition coefficient (Wildman–Crippen LogP) is 2.99. The third-order valence-corrected chi connectivity index (χ3v) is 3.70. The zero-order chi connectivity index (χ0) is 16.2. The average molecular weight is 305 g/mol. The Bertz CT molecular complexity index is 525. The first-order chi connectivity index (χ1) is 10.4. The van der Waals surface area contributed by atoms with Gasteiger partial charge in [0.05, 0.1) is 0 Å². The number of nitrogens with zero attached hydrogens (tertiary/aromatic N) is 1. The smallest absolute Gasteiger partial charge is 0.410 e. The molecule has 2 rings (SSSR count). The van der Waals surface area contributed by atoms with Crippen LogP contribution in [0.1, 0.15) is 31.7 Å². The summed E-state index contributed by atoms with van der Waals surface area (Å²) in [6.45, 7) is 1.82. The molecule has 22 heavy (non-hydrogen) atoms. The van der Waals surface area contributed by atoms with Crippen molar-refractivity contribution in [2.24, 2.45) is 5.92 Å². The summed E-state index contributed by atoms with van der Waals surface area (Å²) in [6, 6.07) is 9.45. The number of carbonyl (C=O) groups is 2. The summed E-state index contributed by atoms with van der Waals surface area (Å²) in [5.74, 6) is -0.0531. The molecule has 1 aliphatic carbocycles. The Labute approximate surface area is 131 Å². The molecule has 1 aliphatic rings. The fraction of sp³-hybridized carbons (Fsp3) is 0.529. The summed E-state index contributed by atoms with van der Waals surface area (Å²) in [4.78, 5) is 25.6. The molecule has 0 spiro atoms. The highest BCUT2D eigenvalue weighted by atomic mass is 16.6. The van der Waals surface area contributed by atoms with Crippen molar-refractivity contribution in [3.63, 3.8) is 0 Å². The Morgan fingerprint density at radius 1 is 1.23 bits per heavy atom. The van der Waals surface area contributed by atoms with Crippen molar-refractivity contribution in [2.45, 2.75) is 38.4 Å². The lowest BCUT2D eigenvalue weighted by Gasteiger charge is -2.28. The molecule has 1 amide bonds. The molecule has 0 aliphatic heterocycles. The summed E-state index contributed by atoms with van der Waals surface area (Å²) < 4.78 is 10.8. The van der Waals surface area contributed by atoms with Crippen molar-refractivity contribution in [1.82, 2.24) is 4.90 Å². The van der Waals surface area contributed by atoms with Crippen LogP contribution in [0, 0.1) is 5.92 Å². The van der Waals surface area contributed by atoms with Crippen LogP contribution in [0.4, 0.5) is 4.79 Å². The molecule has 0 unspecified atom stereocenters. The second-order valence-corrected chi connectivity index (χ2v) is 6.20. The molecular weight excluding hydrogens is 282 g/mol. The summed E-state index contributed by atoms with van der Waals surface area (Å²) in [5, 5.41) is 0. The Hall–Kier alpha value is -2.04. The van der Waals surface area contributed by atoms with Gasteiger partial charge in [-0.3, -0.25) is 0 Å². The largest absolute Gasteiger partial charge is 0.458 e. The zero-order valence-corrected chi connectivity index (χ0v) is 13.4. The number of benzene rings is 1. The SMILES string of the molecule is CN(C)C(=O)O[C@](C)(CC1CC1)C(=O)OCc1ccccc1. The molecule has 1 fully saturated rings. The standard InChI is InChI=1S/C17H23NO4/c1-17(11-13-9-10-13,22-16(20)18(2)3)15(19)21-12-14-7-5-4-6-8-14/h4-8,13H,9-12H2,1-3H3/t17-/m1/s1. The number of rotatable bonds is 6. The molecule has 0 radical (unpaired) electrons. The van der Waals surface area contributed by atoms with E-state index >= 15 is 0 Å². The number of carbonyl (C=O) groups excluding carboxylic acids is 2. The van der Waals surface area contributed by atoms with Crippen LogP contribution in [0.15, 0.2) is 30.3 Å². The number of hydrogen-bond acceptors (Lipinski definition) is 4. The average Bonchev–Trinajstić information content (AvgIpc) is 3.29. The Morgan fingerprint density at radius 2 is 1.86 bits per heavy atom. The van der Waals surface area contributed by atoms with E-state index in [1.165, 1.54) is 4.90 Å². The quantitative estimate of drug-likeness (QED) is 0.758. The van der Waals surface area contributed by atoms with Gasteiger partial charge in [0.15, 0.2) is 0 Å². The molecule has 0 saturated heterocycles. The van der Waals surface area contributed by atoms with E-state index in [0.29, 0.717) is 12.3 Å². The van der Waals surface area contributed by atoms with E-state index in [4.69, 9.17) is 9.47 Å². The van der Waals surface area contributed by atoms with Crippen LogP contribution in [0.2, 0.25) is 0 Å². The minimum atomic E-state index is -1.22. The third kappa shape index (κ3) is 4.48. The van der Waals surface area contributed by atoms with E-state index in [2.05, 4.69) is 0 Å². The number of esters is 1. The molecule has 5 heteroatoms. The molecular formula is C17H23NO4. The van der Waals surface area contributed by atoms with Gasteiger partial charge in [-0.15, -0.1) is 0 Å². The second kappa shape index (κ2) is 6.81. The van der Waals surface area contributed by atoms with Crippen LogP contribution < -0.4 is 0 Å². The van der Waals surface area contributed by atoms with Crippen molar-refractivity contribution in [1.29, 1.82) is 0 Å². The van der Waals surface area contributed by atoms with Gasteiger partial charge in [0.2, 0.25) is 5.60 Å². The Balaban J connectivity index is 2.00. The van der Waals surface area contributed by atoms with Crippen molar-refractivity contribution < 1.29 is 19.1 Å². The van der Waals surface area contributed by atoms with Crippen LogP contribution in [0.3, 0.4) is 0 Å². The van der Waals surface area contributed by atoms with Gasteiger partial charge in [0.25, 0.3) is 0 Å². The fourth-order valence-corrected chi connectivity index (χ4v) is 2.20. The monoisotopic (exact) mass is 305 g/mol. The minimum absolute atomic E-state index is 0.180. The first-order valence-electron chi connectivity index (χ1n) is 7.52. The molecule has 0 N–H and O–H groups in total. The lowest BCUT2D eigenvalue weighted by Crippen LogP contribution is -2.44. The molecule has 0 heterocycles. The maximum absolute atomic E-state index is 12.4. The fourth-order valence-electron chi connectivity index (χ4n) is 2.20. The van der Waals surface area contributed by atoms with Crippen molar-refractivity contribution in [2.75, 3.05) is 14.1 Å². The van der Waals surface area contributed by atoms with Gasteiger partial charge in [-0.2, -0.15) is 0 Å². The molecule has 1 aromatic rings. The van der Waals surface area contributed by atoms with Crippen LogP contribution in [0.25, 0.3) is 0 Å². The first kappa shape index (κ1) is 16.3. The van der Waals surface area contributed by atoms with E-state index in [9.17, 15) is 9.59 Å². The maximum atomic E-state index is 12.4. The molecule has 0 aromatic heterocycles. The number of hydrogen-bond donors (Lipinski definition) is 0. The van der Waals surface area contributed by atoms with Gasteiger partial charge in [-0.25, -0.2) is 9.59 Å². The van der Waals surface area contributed by atoms with Gasteiger partial charge in [-0.1, -0.05) is 43.2 Å². The number of amides is 1. The van der Waals surface area contributed by atoms with Crippen molar-refractivity contribution >= 4 is 12.1 Å². The molecule has 120 valence electrons. The van der Waals surface area contributed by atoms with E-state index in [1.807, 2.05) is 30.3 Å².